The van der Waals surface area contributed by atoms with Crippen molar-refractivity contribution in [1.29, 1.82) is 0 Å². The van der Waals surface area contributed by atoms with Gasteiger partial charge >= 0.3 is 263 Å². The van der Waals surface area contributed by atoms with Gasteiger partial charge in [0, 0.05) is 0 Å². The first-order chi connectivity index (χ1) is 28.3. The van der Waals surface area contributed by atoms with E-state index in [1.165, 1.54) is 226 Å². The van der Waals surface area contributed by atoms with E-state index in [2.05, 4.69) is 90.1 Å². The minimum atomic E-state index is 0.387. The number of anilines is 1. The molecule has 0 aliphatic carbocycles. The number of aryl methyl sites for hydroxylation is 1. The number of benzene rings is 2. The van der Waals surface area contributed by atoms with E-state index in [0.29, 0.717) is 29.5 Å². The fourth-order valence-corrected chi connectivity index (χ4v) is 13.3. The zero-order chi connectivity index (χ0) is 39.9. The number of fused-ring (bicyclic) bond motifs is 2. The molecule has 318 valence electrons. The summed E-state index contributed by atoms with van der Waals surface area (Å²) in [7, 11) is 0. The number of hydrogen-bond donors (Lipinski definition) is 0. The van der Waals surface area contributed by atoms with Gasteiger partial charge in [0.05, 0.1) is 0 Å². The van der Waals surface area contributed by atoms with Crippen molar-refractivity contribution < 1.29 is 4.57 Å². The fourth-order valence-electron chi connectivity index (χ4n) is 8.66. The molecular weight excluding hydrogens is 823 g/mol. The molecule has 4 heteroatoms. The second-order valence-corrected chi connectivity index (χ2v) is 21.7. The monoisotopic (exact) mass is 910 g/mol. The number of aromatic nitrogens is 1. The zero-order valence-electron chi connectivity index (χ0n) is 37.1. The van der Waals surface area contributed by atoms with Crippen LogP contribution < -0.4 is 13.9 Å². The van der Waals surface area contributed by atoms with Gasteiger partial charge in [0.2, 0.25) is 0 Å². The molecule has 0 amide bonds. The molecule has 57 heavy (non-hydrogen) atoms. The van der Waals surface area contributed by atoms with Gasteiger partial charge in [-0.2, -0.15) is 0 Å². The second-order valence-electron chi connectivity index (χ2n) is 17.3. The summed E-state index contributed by atoms with van der Waals surface area (Å²) in [4.78, 5) is 2.66. The summed E-state index contributed by atoms with van der Waals surface area (Å²) in [5, 5.41) is 0. The van der Waals surface area contributed by atoms with Crippen LogP contribution in [0, 0.1) is 0 Å². The number of hydrogen-bond acceptors (Lipinski definition) is 1. The number of allylic oxidation sites excluding steroid dienone is 2. The van der Waals surface area contributed by atoms with E-state index >= 15 is 0 Å². The summed E-state index contributed by atoms with van der Waals surface area (Å²) in [6.45, 7) is 6.94. The van der Waals surface area contributed by atoms with Gasteiger partial charge in [0.1, 0.15) is 0 Å². The Balaban J connectivity index is 1.12. The summed E-state index contributed by atoms with van der Waals surface area (Å²) < 4.78 is 8.84. The summed E-state index contributed by atoms with van der Waals surface area (Å²) in [6.07, 6.45) is 53.0. The van der Waals surface area contributed by atoms with Gasteiger partial charge in [-0.15, -0.1) is 0 Å². The van der Waals surface area contributed by atoms with Crippen LogP contribution in [-0.2, 0) is 6.54 Å². The molecule has 1 aromatic heterocycles. The summed E-state index contributed by atoms with van der Waals surface area (Å²) in [5.41, 5.74) is 2.93. The molecular formula is C53H85N2Se2+. The molecule has 0 atom stereocenters. The van der Waals surface area contributed by atoms with Crippen molar-refractivity contribution in [1.82, 2.24) is 0 Å². The van der Waals surface area contributed by atoms with Crippen LogP contribution in [0.1, 0.15) is 224 Å². The average Bonchev–Trinajstić information content (AvgIpc) is 3.77. The molecule has 0 fully saturated rings. The second kappa shape index (κ2) is 32.2. The SMILES string of the molecule is CCCCCCCCCCCCCCCCCCN1/C(=C\C=C\c2[se]c3ccccc3[n+]2CCCCCCCCCCCCCCCCCC)[Se]c2ccccc21. The zero-order valence-corrected chi connectivity index (χ0v) is 40.5. The van der Waals surface area contributed by atoms with Crippen LogP contribution in [0.2, 0.25) is 0 Å². The molecule has 0 saturated carbocycles. The van der Waals surface area contributed by atoms with E-state index < -0.39 is 0 Å². The maximum absolute atomic E-state index is 2.66. The van der Waals surface area contributed by atoms with Crippen molar-refractivity contribution in [2.75, 3.05) is 11.4 Å². The van der Waals surface area contributed by atoms with Crippen molar-refractivity contribution in [2.45, 2.75) is 226 Å². The van der Waals surface area contributed by atoms with Crippen molar-refractivity contribution >= 4 is 55.5 Å². The van der Waals surface area contributed by atoms with Crippen molar-refractivity contribution in [2.24, 2.45) is 0 Å². The van der Waals surface area contributed by atoms with Gasteiger partial charge < -0.3 is 0 Å². The molecule has 2 heterocycles. The van der Waals surface area contributed by atoms with E-state index in [0.717, 1.165) is 13.1 Å². The number of para-hydroxylation sites is 2. The van der Waals surface area contributed by atoms with E-state index in [4.69, 9.17) is 0 Å². The molecule has 0 saturated heterocycles. The van der Waals surface area contributed by atoms with E-state index in [1.54, 1.807) is 8.72 Å². The Kier molecular flexibility index (Phi) is 27.2. The first kappa shape index (κ1) is 48.1. The summed E-state index contributed by atoms with van der Waals surface area (Å²) in [6, 6.07) is 18.4. The average molecular weight is 908 g/mol. The predicted molar refractivity (Wildman–Crippen MR) is 256 cm³/mol. The Labute approximate surface area is 365 Å². The fraction of sp³-hybridized carbons (Fsp3) is 0.679. The Hall–Kier alpha value is -1.57. The predicted octanol–water partition coefficient (Wildman–Crippen LogP) is 15.4. The number of nitrogens with zero attached hydrogens (tertiary/aromatic N) is 2. The van der Waals surface area contributed by atoms with Crippen LogP contribution in [0.25, 0.3) is 15.9 Å². The molecule has 0 unspecified atom stereocenters. The molecule has 4 rings (SSSR count). The Bertz CT molecular complexity index is 1490. The van der Waals surface area contributed by atoms with Gasteiger partial charge in [-0.25, -0.2) is 0 Å². The van der Waals surface area contributed by atoms with Crippen molar-refractivity contribution in [3.05, 3.63) is 69.8 Å². The third-order valence-electron chi connectivity index (χ3n) is 12.2. The van der Waals surface area contributed by atoms with Gasteiger partial charge in [-0.3, -0.25) is 0 Å². The van der Waals surface area contributed by atoms with Crippen LogP contribution in [0.3, 0.4) is 0 Å². The van der Waals surface area contributed by atoms with E-state index in [9.17, 15) is 0 Å². The molecule has 1 aliphatic heterocycles. The minimum absolute atomic E-state index is 0.387. The third kappa shape index (κ3) is 20.0. The third-order valence-corrected chi connectivity index (χ3v) is 17.0. The van der Waals surface area contributed by atoms with Crippen LogP contribution >= 0.6 is 0 Å². The maximum atomic E-state index is 2.66. The molecule has 1 aliphatic rings. The normalized spacial score (nSPS) is 13.6. The van der Waals surface area contributed by atoms with Crippen LogP contribution in [0.15, 0.2) is 65.3 Å². The Morgan fingerprint density at radius 2 is 0.930 bits per heavy atom. The standard InChI is InChI=1S/C53H85N2Se2/c1-3-5-7-9-11-13-15-17-19-21-23-25-27-29-31-37-46-54-48-40-33-35-42-50(48)56-52(54)44-39-45-53-55(49-41-34-36-43-51(49)57-53)47-38-32-30-28-26-24-22-20-18-16-14-12-10-8-6-4-2/h33-36,39-45H,3-32,37-38,46-47H2,1-2H3/q+1. The summed E-state index contributed by atoms with van der Waals surface area (Å²) >= 11 is 0.773. The molecule has 3 aromatic rings. The van der Waals surface area contributed by atoms with Gasteiger partial charge in [-0.05, 0) is 0 Å². The van der Waals surface area contributed by atoms with Crippen LogP contribution in [0.4, 0.5) is 5.69 Å². The topological polar surface area (TPSA) is 7.12 Å². The molecule has 0 N–H and O–H groups in total. The van der Waals surface area contributed by atoms with Crippen LogP contribution in [-0.4, -0.2) is 36.0 Å². The Morgan fingerprint density at radius 3 is 1.46 bits per heavy atom. The number of unbranched alkanes of at least 4 members (excludes halogenated alkanes) is 30. The van der Waals surface area contributed by atoms with Gasteiger partial charge in [0.25, 0.3) is 0 Å². The first-order valence-corrected chi connectivity index (χ1v) is 28.1. The van der Waals surface area contributed by atoms with Crippen LogP contribution in [0.5, 0.6) is 0 Å². The van der Waals surface area contributed by atoms with Gasteiger partial charge in [0.15, 0.2) is 0 Å². The number of rotatable bonds is 36. The Morgan fingerprint density at radius 1 is 0.491 bits per heavy atom. The van der Waals surface area contributed by atoms with E-state index in [1.807, 2.05) is 0 Å². The van der Waals surface area contributed by atoms with E-state index in [-0.39, 0.29) is 0 Å². The van der Waals surface area contributed by atoms with Crippen molar-refractivity contribution in [3.63, 3.8) is 0 Å². The molecule has 0 bridgehead atoms. The molecule has 0 radical (unpaired) electrons. The summed E-state index contributed by atoms with van der Waals surface area (Å²) in [5.74, 6) is 0. The molecule has 0 spiro atoms. The van der Waals surface area contributed by atoms with Crippen molar-refractivity contribution in [3.8, 4) is 0 Å². The van der Waals surface area contributed by atoms with Gasteiger partial charge in [-0.1, -0.05) is 104 Å². The molecule has 2 nitrogen and oxygen atoms in total. The quantitative estimate of drug-likeness (QED) is 0.0320. The molecule has 2 aromatic carbocycles. The first-order valence-electron chi connectivity index (χ1n) is 24.7.